The SMILES string of the molecule is COC(=O)N(C)c1ccc(NC(=O)c2ccn(-c3cccc(Cl)c3)n2)cc1. The van der Waals surface area contributed by atoms with E-state index in [1.165, 1.54) is 12.0 Å². The monoisotopic (exact) mass is 384 g/mol. The number of benzene rings is 2. The van der Waals surface area contributed by atoms with Gasteiger partial charge in [-0.2, -0.15) is 5.10 Å². The number of carbonyl (C=O) groups is 2. The van der Waals surface area contributed by atoms with E-state index >= 15 is 0 Å². The van der Waals surface area contributed by atoms with Crippen LogP contribution in [-0.4, -0.2) is 35.9 Å². The lowest BCUT2D eigenvalue weighted by atomic mass is 10.2. The molecule has 1 heterocycles. The number of nitrogens with one attached hydrogen (secondary N) is 1. The highest BCUT2D eigenvalue weighted by Gasteiger charge is 2.13. The van der Waals surface area contributed by atoms with Gasteiger partial charge in [0.2, 0.25) is 0 Å². The number of halogens is 1. The number of carbonyl (C=O) groups excluding carboxylic acids is 2. The second-order valence-corrected chi connectivity index (χ2v) is 6.09. The van der Waals surface area contributed by atoms with Gasteiger partial charge < -0.3 is 10.1 Å². The summed E-state index contributed by atoms with van der Waals surface area (Å²) < 4.78 is 6.24. The van der Waals surface area contributed by atoms with Gasteiger partial charge in [0.15, 0.2) is 5.69 Å². The Morgan fingerprint density at radius 1 is 1.15 bits per heavy atom. The van der Waals surface area contributed by atoms with Gasteiger partial charge in [-0.1, -0.05) is 17.7 Å². The fraction of sp³-hybridized carbons (Fsp3) is 0.105. The number of amides is 2. The molecule has 8 heteroatoms. The zero-order valence-electron chi connectivity index (χ0n) is 14.7. The third kappa shape index (κ3) is 4.27. The summed E-state index contributed by atoms with van der Waals surface area (Å²) in [5.41, 5.74) is 2.26. The maximum Gasteiger partial charge on any atom is 0.413 e. The fourth-order valence-corrected chi connectivity index (χ4v) is 2.60. The summed E-state index contributed by atoms with van der Waals surface area (Å²) >= 11 is 5.98. The largest absolute Gasteiger partial charge is 0.452 e. The van der Waals surface area contributed by atoms with Crippen LogP contribution in [0, 0.1) is 0 Å². The van der Waals surface area contributed by atoms with Crippen molar-refractivity contribution in [2.45, 2.75) is 0 Å². The molecule has 3 rings (SSSR count). The Bertz CT molecular complexity index is 969. The number of rotatable bonds is 4. The highest BCUT2D eigenvalue weighted by atomic mass is 35.5. The molecule has 0 aliphatic carbocycles. The Hall–Kier alpha value is -3.32. The van der Waals surface area contributed by atoms with E-state index in [-0.39, 0.29) is 11.6 Å². The summed E-state index contributed by atoms with van der Waals surface area (Å²) in [6.45, 7) is 0. The molecule has 2 amide bonds. The molecule has 0 bridgehead atoms. The van der Waals surface area contributed by atoms with E-state index in [2.05, 4.69) is 15.2 Å². The van der Waals surface area contributed by atoms with Crippen molar-refractivity contribution in [3.63, 3.8) is 0 Å². The fourth-order valence-electron chi connectivity index (χ4n) is 2.41. The highest BCUT2D eigenvalue weighted by Crippen LogP contribution is 2.18. The first-order valence-corrected chi connectivity index (χ1v) is 8.40. The van der Waals surface area contributed by atoms with Crippen molar-refractivity contribution in [1.29, 1.82) is 0 Å². The van der Waals surface area contributed by atoms with E-state index in [9.17, 15) is 9.59 Å². The molecule has 3 aromatic rings. The highest BCUT2D eigenvalue weighted by molar-refractivity contribution is 6.30. The second-order valence-electron chi connectivity index (χ2n) is 5.66. The van der Waals surface area contributed by atoms with Gasteiger partial charge in [-0.3, -0.25) is 9.69 Å². The Morgan fingerprint density at radius 2 is 1.89 bits per heavy atom. The minimum absolute atomic E-state index is 0.269. The van der Waals surface area contributed by atoms with Crippen LogP contribution in [0.15, 0.2) is 60.8 Å². The first-order chi connectivity index (χ1) is 13.0. The van der Waals surface area contributed by atoms with Gasteiger partial charge >= 0.3 is 6.09 Å². The Labute approximate surface area is 161 Å². The molecule has 0 radical (unpaired) electrons. The van der Waals surface area contributed by atoms with Crippen LogP contribution in [0.3, 0.4) is 0 Å². The lowest BCUT2D eigenvalue weighted by Crippen LogP contribution is -2.25. The first kappa shape index (κ1) is 18.5. The summed E-state index contributed by atoms with van der Waals surface area (Å²) in [4.78, 5) is 25.3. The van der Waals surface area contributed by atoms with Crippen LogP contribution in [0.4, 0.5) is 16.2 Å². The number of hydrogen-bond donors (Lipinski definition) is 1. The van der Waals surface area contributed by atoms with Crippen LogP contribution in [0.1, 0.15) is 10.5 Å². The van der Waals surface area contributed by atoms with E-state index in [1.807, 2.05) is 12.1 Å². The molecule has 1 aromatic heterocycles. The molecule has 27 heavy (non-hydrogen) atoms. The Morgan fingerprint density at radius 3 is 2.56 bits per heavy atom. The second kappa shape index (κ2) is 7.92. The number of nitrogens with zero attached hydrogens (tertiary/aromatic N) is 3. The Balaban J connectivity index is 1.70. The zero-order valence-corrected chi connectivity index (χ0v) is 15.5. The predicted molar refractivity (Wildman–Crippen MR) is 104 cm³/mol. The van der Waals surface area contributed by atoms with E-state index in [0.29, 0.717) is 16.4 Å². The van der Waals surface area contributed by atoms with Gasteiger partial charge in [-0.15, -0.1) is 0 Å². The summed E-state index contributed by atoms with van der Waals surface area (Å²) in [7, 11) is 2.91. The topological polar surface area (TPSA) is 76.5 Å². The number of ether oxygens (including phenoxy) is 1. The number of hydrogen-bond acceptors (Lipinski definition) is 4. The maximum atomic E-state index is 12.4. The minimum Gasteiger partial charge on any atom is -0.452 e. The van der Waals surface area contributed by atoms with Crippen LogP contribution in [0.5, 0.6) is 0 Å². The third-order valence-corrected chi connectivity index (χ3v) is 4.09. The molecule has 2 aromatic carbocycles. The number of aromatic nitrogens is 2. The Kier molecular flexibility index (Phi) is 5.42. The van der Waals surface area contributed by atoms with E-state index < -0.39 is 6.09 Å². The molecule has 0 aliphatic rings. The molecule has 1 N–H and O–H groups in total. The van der Waals surface area contributed by atoms with Gasteiger partial charge in [-0.05, 0) is 48.5 Å². The van der Waals surface area contributed by atoms with Crippen molar-refractivity contribution in [1.82, 2.24) is 9.78 Å². The quantitative estimate of drug-likeness (QED) is 0.738. The van der Waals surface area contributed by atoms with Crippen LogP contribution in [0.25, 0.3) is 5.69 Å². The van der Waals surface area contributed by atoms with E-state index in [0.717, 1.165) is 5.69 Å². The van der Waals surface area contributed by atoms with Crippen molar-refractivity contribution in [3.05, 3.63) is 71.5 Å². The zero-order chi connectivity index (χ0) is 19.4. The van der Waals surface area contributed by atoms with E-state index in [1.54, 1.807) is 60.4 Å². The van der Waals surface area contributed by atoms with Gasteiger partial charge in [0.25, 0.3) is 5.91 Å². The first-order valence-electron chi connectivity index (χ1n) is 8.02. The molecule has 0 saturated carbocycles. The molecule has 0 aliphatic heterocycles. The van der Waals surface area contributed by atoms with Crippen molar-refractivity contribution in [2.75, 3.05) is 24.4 Å². The normalized spacial score (nSPS) is 10.3. The number of methoxy groups -OCH3 is 1. The molecular formula is C19H17ClN4O3. The predicted octanol–water partition coefficient (Wildman–Crippen LogP) is 3.98. The summed E-state index contributed by atoms with van der Waals surface area (Å²) in [5, 5.41) is 7.63. The molecule has 0 fully saturated rings. The molecule has 0 saturated heterocycles. The van der Waals surface area contributed by atoms with Gasteiger partial charge in [0, 0.05) is 29.6 Å². The van der Waals surface area contributed by atoms with Crippen LogP contribution in [0.2, 0.25) is 5.02 Å². The summed E-state index contributed by atoms with van der Waals surface area (Å²) in [6.07, 6.45) is 1.22. The molecular weight excluding hydrogens is 368 g/mol. The van der Waals surface area contributed by atoms with Crippen LogP contribution < -0.4 is 10.2 Å². The van der Waals surface area contributed by atoms with Gasteiger partial charge in [0.1, 0.15) is 0 Å². The van der Waals surface area contributed by atoms with E-state index in [4.69, 9.17) is 11.6 Å². The standard InChI is InChI=1S/C19H17ClN4O3/c1-23(19(26)27-2)15-8-6-14(7-9-15)21-18(25)17-10-11-24(22-17)16-5-3-4-13(20)12-16/h3-12H,1-2H3,(H,21,25). The lowest BCUT2D eigenvalue weighted by Gasteiger charge is -2.15. The lowest BCUT2D eigenvalue weighted by molar-refractivity contribution is 0.102. The summed E-state index contributed by atoms with van der Waals surface area (Å²) in [6, 6.07) is 15.6. The average molecular weight is 385 g/mol. The smallest absolute Gasteiger partial charge is 0.413 e. The molecule has 0 unspecified atom stereocenters. The van der Waals surface area contributed by atoms with Gasteiger partial charge in [0.05, 0.1) is 12.8 Å². The van der Waals surface area contributed by atoms with Crippen molar-refractivity contribution >= 4 is 35.0 Å². The van der Waals surface area contributed by atoms with Crippen LogP contribution >= 0.6 is 11.6 Å². The minimum atomic E-state index is -0.474. The van der Waals surface area contributed by atoms with Crippen molar-refractivity contribution in [3.8, 4) is 5.69 Å². The van der Waals surface area contributed by atoms with Crippen LogP contribution in [-0.2, 0) is 4.74 Å². The molecule has 0 atom stereocenters. The number of anilines is 2. The van der Waals surface area contributed by atoms with Gasteiger partial charge in [-0.25, -0.2) is 9.48 Å². The summed E-state index contributed by atoms with van der Waals surface area (Å²) in [5.74, 6) is -0.343. The third-order valence-electron chi connectivity index (χ3n) is 3.86. The molecule has 138 valence electrons. The molecule has 7 nitrogen and oxygen atoms in total. The average Bonchev–Trinajstić information content (AvgIpc) is 3.18. The maximum absolute atomic E-state index is 12.4. The van der Waals surface area contributed by atoms with Crippen molar-refractivity contribution in [2.24, 2.45) is 0 Å². The van der Waals surface area contributed by atoms with Crippen molar-refractivity contribution < 1.29 is 14.3 Å². The molecule has 0 spiro atoms.